The third-order valence-corrected chi connectivity index (χ3v) is 5.05. The lowest BCUT2D eigenvalue weighted by Crippen LogP contribution is -2.30. The van der Waals surface area contributed by atoms with Gasteiger partial charge in [0, 0.05) is 22.7 Å². The van der Waals surface area contributed by atoms with Gasteiger partial charge in [0.2, 0.25) is 0 Å². The Morgan fingerprint density at radius 2 is 1.86 bits per heavy atom. The van der Waals surface area contributed by atoms with Gasteiger partial charge in [0.25, 0.3) is 5.91 Å². The second-order valence-electron chi connectivity index (χ2n) is 6.25. The van der Waals surface area contributed by atoms with Gasteiger partial charge in [-0.1, -0.05) is 31.2 Å². The van der Waals surface area contributed by atoms with Crippen LogP contribution in [0.15, 0.2) is 47.8 Å². The third kappa shape index (κ3) is 5.03. The van der Waals surface area contributed by atoms with Gasteiger partial charge in [-0.3, -0.25) is 4.79 Å². The first-order valence-electron chi connectivity index (χ1n) is 8.89. The van der Waals surface area contributed by atoms with Crippen LogP contribution in [0, 0.1) is 11.6 Å². The maximum Gasteiger partial charge on any atom is 0.358 e. The highest BCUT2D eigenvalue weighted by atomic mass is 32.1. The van der Waals surface area contributed by atoms with E-state index < -0.39 is 29.6 Å². The molecule has 0 radical (unpaired) electrons. The van der Waals surface area contributed by atoms with Gasteiger partial charge in [-0.25, -0.2) is 18.6 Å². The number of carbonyl (C=O) groups is 2. The summed E-state index contributed by atoms with van der Waals surface area (Å²) in [7, 11) is 0. The SMILES string of the molecule is CCc1ccc(-c2nc(C(=O)O[C@H](C)C(=O)Nc3ccc(F)c(F)c3)cs2)cc1. The van der Waals surface area contributed by atoms with Crippen LogP contribution in [0.25, 0.3) is 10.6 Å². The van der Waals surface area contributed by atoms with Crippen molar-refractivity contribution >= 4 is 28.9 Å². The average Bonchev–Trinajstić information content (AvgIpc) is 3.21. The minimum absolute atomic E-state index is 0.0586. The molecule has 150 valence electrons. The van der Waals surface area contributed by atoms with Crippen molar-refractivity contribution in [2.75, 3.05) is 5.32 Å². The van der Waals surface area contributed by atoms with E-state index in [1.807, 2.05) is 24.3 Å². The van der Waals surface area contributed by atoms with E-state index in [1.165, 1.54) is 29.9 Å². The molecule has 1 amide bonds. The number of hydrogen-bond donors (Lipinski definition) is 1. The Hall–Kier alpha value is -3.13. The molecule has 8 heteroatoms. The number of esters is 1. The fourth-order valence-electron chi connectivity index (χ4n) is 2.48. The number of aromatic nitrogens is 1. The van der Waals surface area contributed by atoms with Crippen molar-refractivity contribution in [1.29, 1.82) is 0 Å². The molecule has 1 aromatic heterocycles. The number of nitrogens with zero attached hydrogens (tertiary/aromatic N) is 1. The number of hydrogen-bond acceptors (Lipinski definition) is 5. The van der Waals surface area contributed by atoms with Crippen LogP contribution in [0.5, 0.6) is 0 Å². The van der Waals surface area contributed by atoms with Crippen molar-refractivity contribution in [2.24, 2.45) is 0 Å². The van der Waals surface area contributed by atoms with E-state index >= 15 is 0 Å². The monoisotopic (exact) mass is 416 g/mol. The number of amides is 1. The van der Waals surface area contributed by atoms with E-state index in [0.717, 1.165) is 24.1 Å². The van der Waals surface area contributed by atoms with E-state index in [4.69, 9.17) is 4.74 Å². The average molecular weight is 416 g/mol. The van der Waals surface area contributed by atoms with Crippen molar-refractivity contribution in [2.45, 2.75) is 26.4 Å². The maximum absolute atomic E-state index is 13.2. The highest BCUT2D eigenvalue weighted by molar-refractivity contribution is 7.13. The summed E-state index contributed by atoms with van der Waals surface area (Å²) in [6, 6.07) is 10.8. The molecule has 0 aliphatic carbocycles. The molecule has 3 rings (SSSR count). The van der Waals surface area contributed by atoms with Crippen molar-refractivity contribution in [3.05, 3.63) is 70.7 Å². The van der Waals surface area contributed by atoms with Crippen LogP contribution >= 0.6 is 11.3 Å². The predicted octanol–water partition coefficient (Wildman–Crippen LogP) is 4.83. The molecule has 3 aromatic rings. The van der Waals surface area contributed by atoms with Crippen molar-refractivity contribution in [3.63, 3.8) is 0 Å². The van der Waals surface area contributed by atoms with Gasteiger partial charge in [0.15, 0.2) is 23.4 Å². The number of nitrogens with one attached hydrogen (secondary N) is 1. The molecule has 1 atom stereocenters. The zero-order valence-corrected chi connectivity index (χ0v) is 16.6. The molecule has 1 heterocycles. The summed E-state index contributed by atoms with van der Waals surface area (Å²) < 4.78 is 31.3. The van der Waals surface area contributed by atoms with E-state index in [-0.39, 0.29) is 11.4 Å². The van der Waals surface area contributed by atoms with Crippen LogP contribution in [0.2, 0.25) is 0 Å². The third-order valence-electron chi connectivity index (χ3n) is 4.16. The Morgan fingerprint density at radius 3 is 2.52 bits per heavy atom. The van der Waals surface area contributed by atoms with Gasteiger partial charge in [0.1, 0.15) is 5.01 Å². The van der Waals surface area contributed by atoms with Crippen molar-refractivity contribution in [1.82, 2.24) is 4.98 Å². The van der Waals surface area contributed by atoms with E-state index in [1.54, 1.807) is 5.38 Å². The highest BCUT2D eigenvalue weighted by Crippen LogP contribution is 2.24. The fourth-order valence-corrected chi connectivity index (χ4v) is 3.27. The molecule has 1 N–H and O–H groups in total. The zero-order chi connectivity index (χ0) is 21.0. The zero-order valence-electron chi connectivity index (χ0n) is 15.7. The Balaban J connectivity index is 1.62. The van der Waals surface area contributed by atoms with Crippen molar-refractivity contribution in [3.8, 4) is 10.6 Å². The number of rotatable bonds is 6. The van der Waals surface area contributed by atoms with Gasteiger partial charge < -0.3 is 10.1 Å². The lowest BCUT2D eigenvalue weighted by molar-refractivity contribution is -0.123. The molecular weight excluding hydrogens is 398 g/mol. The summed E-state index contributed by atoms with van der Waals surface area (Å²) in [6.07, 6.45) is -0.218. The smallest absolute Gasteiger partial charge is 0.358 e. The molecular formula is C21H18F2N2O3S. The molecule has 5 nitrogen and oxygen atoms in total. The van der Waals surface area contributed by atoms with E-state index in [2.05, 4.69) is 17.2 Å². The highest BCUT2D eigenvalue weighted by Gasteiger charge is 2.21. The molecule has 2 aromatic carbocycles. The number of aryl methyl sites for hydroxylation is 1. The van der Waals surface area contributed by atoms with Gasteiger partial charge >= 0.3 is 5.97 Å². The van der Waals surface area contributed by atoms with Crippen LogP contribution in [-0.4, -0.2) is 23.0 Å². The molecule has 0 aliphatic rings. The van der Waals surface area contributed by atoms with E-state index in [9.17, 15) is 18.4 Å². The second-order valence-corrected chi connectivity index (χ2v) is 7.11. The summed E-state index contributed by atoms with van der Waals surface area (Å²) in [6.45, 7) is 3.44. The predicted molar refractivity (Wildman–Crippen MR) is 107 cm³/mol. The minimum Gasteiger partial charge on any atom is -0.448 e. The normalized spacial score (nSPS) is 11.7. The number of halogens is 2. The first-order valence-corrected chi connectivity index (χ1v) is 9.77. The van der Waals surface area contributed by atoms with Crippen LogP contribution in [0.1, 0.15) is 29.9 Å². The molecule has 0 unspecified atom stereocenters. The number of ether oxygens (including phenoxy) is 1. The topological polar surface area (TPSA) is 68.3 Å². The summed E-state index contributed by atoms with van der Waals surface area (Å²) in [5, 5.41) is 4.59. The summed E-state index contributed by atoms with van der Waals surface area (Å²) in [5.41, 5.74) is 2.24. The van der Waals surface area contributed by atoms with Gasteiger partial charge in [-0.05, 0) is 31.0 Å². The summed E-state index contributed by atoms with van der Waals surface area (Å²) in [4.78, 5) is 28.7. The Bertz CT molecular complexity index is 1030. The fraction of sp³-hybridized carbons (Fsp3) is 0.190. The lowest BCUT2D eigenvalue weighted by atomic mass is 10.1. The largest absolute Gasteiger partial charge is 0.448 e. The molecule has 0 saturated heterocycles. The van der Waals surface area contributed by atoms with E-state index in [0.29, 0.717) is 5.01 Å². The van der Waals surface area contributed by atoms with Gasteiger partial charge in [0.05, 0.1) is 0 Å². The number of benzene rings is 2. The van der Waals surface area contributed by atoms with Crippen LogP contribution < -0.4 is 5.32 Å². The Kier molecular flexibility index (Phi) is 6.33. The quantitative estimate of drug-likeness (QED) is 0.584. The number of carbonyl (C=O) groups excluding carboxylic acids is 2. The Labute approximate surface area is 170 Å². The molecule has 0 spiro atoms. The molecule has 0 bridgehead atoms. The minimum atomic E-state index is -1.15. The van der Waals surface area contributed by atoms with Gasteiger partial charge in [-0.15, -0.1) is 11.3 Å². The lowest BCUT2D eigenvalue weighted by Gasteiger charge is -2.13. The molecule has 0 fully saturated rings. The second kappa shape index (κ2) is 8.91. The number of thiazole rings is 1. The first-order chi connectivity index (χ1) is 13.9. The Morgan fingerprint density at radius 1 is 1.14 bits per heavy atom. The standard InChI is InChI=1S/C21H18F2N2O3S/c1-3-13-4-6-14(7-5-13)20-25-18(11-29-20)21(27)28-12(2)19(26)24-15-8-9-16(22)17(23)10-15/h4-12H,3H2,1-2H3,(H,24,26)/t12-/m1/s1. The summed E-state index contributed by atoms with van der Waals surface area (Å²) in [5.74, 6) is -3.53. The number of anilines is 1. The maximum atomic E-state index is 13.2. The molecule has 0 saturated carbocycles. The van der Waals surface area contributed by atoms with Crippen LogP contribution in [-0.2, 0) is 16.0 Å². The first kappa shape index (κ1) is 20.6. The van der Waals surface area contributed by atoms with Crippen LogP contribution in [0.3, 0.4) is 0 Å². The van der Waals surface area contributed by atoms with Crippen LogP contribution in [0.4, 0.5) is 14.5 Å². The van der Waals surface area contributed by atoms with Crippen molar-refractivity contribution < 1.29 is 23.1 Å². The molecule has 29 heavy (non-hydrogen) atoms. The summed E-state index contributed by atoms with van der Waals surface area (Å²) >= 11 is 1.30. The molecule has 0 aliphatic heterocycles. The van der Waals surface area contributed by atoms with Gasteiger partial charge in [-0.2, -0.15) is 0 Å².